The van der Waals surface area contributed by atoms with Gasteiger partial charge in [0.1, 0.15) is 30.5 Å². The zero-order valence-electron chi connectivity index (χ0n) is 38.8. The summed E-state index contributed by atoms with van der Waals surface area (Å²) in [7, 11) is 0. The molecule has 0 bridgehead atoms. The van der Waals surface area contributed by atoms with E-state index >= 15 is 0 Å². The van der Waals surface area contributed by atoms with E-state index in [1.54, 1.807) is 6.08 Å². The lowest BCUT2D eigenvalue weighted by Gasteiger charge is -2.40. The first-order chi connectivity index (χ1) is 29.3. The number of hydrogen-bond donors (Lipinski definition) is 7. The molecule has 60 heavy (non-hydrogen) atoms. The Balaban J connectivity index is 2.35. The first-order valence-electron chi connectivity index (χ1n) is 25.5. The van der Waals surface area contributed by atoms with Crippen LogP contribution in [0.15, 0.2) is 12.2 Å². The van der Waals surface area contributed by atoms with Crippen molar-refractivity contribution in [2.75, 3.05) is 13.2 Å². The lowest BCUT2D eigenvalue weighted by Crippen LogP contribution is -2.60. The van der Waals surface area contributed by atoms with E-state index in [2.05, 4.69) is 19.2 Å². The number of aliphatic hydroxyl groups excluding tert-OH is 6. The van der Waals surface area contributed by atoms with Gasteiger partial charge in [0.05, 0.1) is 25.4 Å². The molecule has 1 fully saturated rings. The number of unbranched alkanes of at least 4 members (excludes halogenated alkanes) is 32. The number of rotatable bonds is 43. The van der Waals surface area contributed by atoms with Gasteiger partial charge in [0.2, 0.25) is 5.91 Å². The van der Waals surface area contributed by atoms with Gasteiger partial charge in [-0.3, -0.25) is 4.79 Å². The summed E-state index contributed by atoms with van der Waals surface area (Å²) in [5, 5.41) is 64.8. The molecule has 0 saturated carbocycles. The molecule has 0 aromatic rings. The van der Waals surface area contributed by atoms with Crippen LogP contribution >= 0.6 is 0 Å². The minimum Gasteiger partial charge on any atom is -0.394 e. The quantitative estimate of drug-likeness (QED) is 0.0233. The molecule has 0 spiro atoms. The maximum absolute atomic E-state index is 13.1. The molecule has 0 aromatic carbocycles. The minimum atomic E-state index is -1.61. The van der Waals surface area contributed by atoms with E-state index in [-0.39, 0.29) is 6.61 Å². The number of aliphatic hydroxyl groups is 6. The van der Waals surface area contributed by atoms with Gasteiger partial charge >= 0.3 is 0 Å². The largest absolute Gasteiger partial charge is 0.394 e. The summed E-state index contributed by atoms with van der Waals surface area (Å²) in [6.07, 6.45) is 37.2. The third-order valence-electron chi connectivity index (χ3n) is 12.5. The molecular weight excluding hydrogens is 759 g/mol. The Morgan fingerprint density at radius 1 is 0.567 bits per heavy atom. The molecule has 1 amide bonds. The van der Waals surface area contributed by atoms with Gasteiger partial charge in [-0.2, -0.15) is 0 Å². The molecule has 7 N–H and O–H groups in total. The monoisotopic (exact) mass is 856 g/mol. The lowest BCUT2D eigenvalue weighted by molar-refractivity contribution is -0.302. The Morgan fingerprint density at radius 3 is 1.35 bits per heavy atom. The zero-order valence-corrected chi connectivity index (χ0v) is 38.8. The molecule has 8 unspecified atom stereocenters. The summed E-state index contributed by atoms with van der Waals surface area (Å²) in [4.78, 5) is 13.1. The van der Waals surface area contributed by atoms with Crippen LogP contribution in [-0.4, -0.2) is 98.7 Å². The van der Waals surface area contributed by atoms with Gasteiger partial charge in [0.15, 0.2) is 6.29 Å². The van der Waals surface area contributed by atoms with Crippen molar-refractivity contribution in [1.29, 1.82) is 0 Å². The predicted octanol–water partition coefficient (Wildman–Crippen LogP) is 10.3. The first-order valence-corrected chi connectivity index (χ1v) is 25.5. The number of amides is 1. The van der Waals surface area contributed by atoms with Crippen LogP contribution in [0.4, 0.5) is 0 Å². The Morgan fingerprint density at radius 2 is 0.950 bits per heavy atom. The average molecular weight is 856 g/mol. The molecule has 1 heterocycles. The van der Waals surface area contributed by atoms with Crippen LogP contribution in [0.5, 0.6) is 0 Å². The fraction of sp³-hybridized carbons (Fsp3) is 0.940. The number of carbonyl (C=O) groups is 1. The highest BCUT2D eigenvalue weighted by Crippen LogP contribution is 2.23. The van der Waals surface area contributed by atoms with E-state index in [9.17, 15) is 35.4 Å². The van der Waals surface area contributed by atoms with Gasteiger partial charge in [0, 0.05) is 0 Å². The Kier molecular flexibility index (Phi) is 38.6. The first kappa shape index (κ1) is 56.9. The van der Waals surface area contributed by atoms with Gasteiger partial charge in [-0.1, -0.05) is 231 Å². The van der Waals surface area contributed by atoms with E-state index in [4.69, 9.17) is 9.47 Å². The molecule has 0 radical (unpaired) electrons. The maximum Gasteiger partial charge on any atom is 0.249 e. The molecule has 356 valence electrons. The van der Waals surface area contributed by atoms with Crippen LogP contribution < -0.4 is 5.32 Å². The minimum absolute atomic E-state index is 0.301. The molecule has 1 saturated heterocycles. The van der Waals surface area contributed by atoms with Crippen molar-refractivity contribution in [1.82, 2.24) is 5.32 Å². The van der Waals surface area contributed by atoms with Gasteiger partial charge in [-0.25, -0.2) is 0 Å². The standard InChI is InChI=1S/C50H97NO9/c1-3-5-7-9-11-13-15-17-19-21-23-25-27-29-31-33-35-37-39-44(54)49(58)51-42(41-59-50-48(57)47(56)46(55)45(40-52)60-50)43(53)38-36-34-32-30-28-26-24-22-20-18-16-14-12-10-8-6-4-2/h36,38,42-48,50,52-57H,3-35,37,39-41H2,1-2H3,(H,51,58)/b38-36+. The third kappa shape index (κ3) is 30.1. The Hall–Kier alpha value is -1.11. The zero-order chi connectivity index (χ0) is 43.9. The van der Waals surface area contributed by atoms with Gasteiger partial charge in [-0.15, -0.1) is 0 Å². The molecule has 1 rings (SSSR count). The van der Waals surface area contributed by atoms with Gasteiger partial charge in [0.25, 0.3) is 0 Å². The normalized spacial score (nSPS) is 21.1. The molecule has 10 nitrogen and oxygen atoms in total. The van der Waals surface area contributed by atoms with E-state index in [0.717, 1.165) is 44.9 Å². The second-order valence-electron chi connectivity index (χ2n) is 18.1. The predicted molar refractivity (Wildman–Crippen MR) is 246 cm³/mol. The van der Waals surface area contributed by atoms with Crippen molar-refractivity contribution in [2.45, 2.75) is 288 Å². The molecule has 1 aliphatic rings. The van der Waals surface area contributed by atoms with Crippen LogP contribution in [-0.2, 0) is 14.3 Å². The summed E-state index contributed by atoms with van der Waals surface area (Å²) in [6, 6.07) is -0.975. The van der Waals surface area contributed by atoms with Crippen molar-refractivity contribution in [2.24, 2.45) is 0 Å². The molecule has 0 aromatic heterocycles. The number of carbonyl (C=O) groups excluding carboxylic acids is 1. The van der Waals surface area contributed by atoms with Crippen LogP contribution in [0.2, 0.25) is 0 Å². The Bertz CT molecular complexity index is 968. The number of hydrogen-bond acceptors (Lipinski definition) is 9. The lowest BCUT2D eigenvalue weighted by atomic mass is 9.99. The molecular formula is C50H97NO9. The molecule has 0 aliphatic carbocycles. The summed E-state index contributed by atoms with van der Waals surface area (Å²) >= 11 is 0. The molecule has 1 aliphatic heterocycles. The topological polar surface area (TPSA) is 169 Å². The summed E-state index contributed by atoms with van der Waals surface area (Å²) in [5.74, 6) is -0.612. The number of nitrogens with one attached hydrogen (secondary N) is 1. The second-order valence-corrected chi connectivity index (χ2v) is 18.1. The van der Waals surface area contributed by atoms with E-state index in [1.165, 1.54) is 173 Å². The van der Waals surface area contributed by atoms with Crippen molar-refractivity contribution in [3.8, 4) is 0 Å². The van der Waals surface area contributed by atoms with Crippen molar-refractivity contribution in [3.63, 3.8) is 0 Å². The summed E-state index contributed by atoms with van der Waals surface area (Å²) in [5.41, 5.74) is 0. The van der Waals surface area contributed by atoms with Crippen molar-refractivity contribution < 1.29 is 44.9 Å². The molecule has 8 atom stereocenters. The highest BCUT2D eigenvalue weighted by Gasteiger charge is 2.44. The van der Waals surface area contributed by atoms with Crippen molar-refractivity contribution >= 4 is 5.91 Å². The highest BCUT2D eigenvalue weighted by atomic mass is 16.7. The summed E-state index contributed by atoms with van der Waals surface area (Å²) < 4.78 is 11.2. The smallest absolute Gasteiger partial charge is 0.249 e. The van der Waals surface area contributed by atoms with Crippen molar-refractivity contribution in [3.05, 3.63) is 12.2 Å². The highest BCUT2D eigenvalue weighted by molar-refractivity contribution is 5.80. The van der Waals surface area contributed by atoms with Crippen LogP contribution in [0, 0.1) is 0 Å². The third-order valence-corrected chi connectivity index (χ3v) is 12.5. The SMILES string of the molecule is CCCCCCCCCCCCCCCCC/C=C/C(O)C(COC1OC(CO)C(O)C(O)C1O)NC(=O)C(O)CCCCCCCCCCCCCCCCCCCC. The van der Waals surface area contributed by atoms with Crippen LogP contribution in [0.3, 0.4) is 0 Å². The van der Waals surface area contributed by atoms with E-state index < -0.39 is 61.5 Å². The van der Waals surface area contributed by atoms with E-state index in [0.29, 0.717) is 6.42 Å². The average Bonchev–Trinajstić information content (AvgIpc) is 3.25. The van der Waals surface area contributed by atoms with Crippen LogP contribution in [0.1, 0.15) is 239 Å². The maximum atomic E-state index is 13.1. The van der Waals surface area contributed by atoms with Gasteiger partial charge in [-0.05, 0) is 19.3 Å². The Labute approximate surface area is 368 Å². The molecule has 10 heteroatoms. The second kappa shape index (κ2) is 40.7. The fourth-order valence-electron chi connectivity index (χ4n) is 8.28. The fourth-order valence-corrected chi connectivity index (χ4v) is 8.28. The van der Waals surface area contributed by atoms with Crippen LogP contribution in [0.25, 0.3) is 0 Å². The number of ether oxygens (including phenoxy) is 2. The van der Waals surface area contributed by atoms with Gasteiger partial charge < -0.3 is 45.4 Å². The number of allylic oxidation sites excluding steroid dienone is 1. The summed E-state index contributed by atoms with van der Waals surface area (Å²) in [6.45, 7) is 3.63. The van der Waals surface area contributed by atoms with E-state index in [1.807, 2.05) is 6.08 Å².